The summed E-state index contributed by atoms with van der Waals surface area (Å²) in [6.07, 6.45) is 2.19. The van der Waals surface area contributed by atoms with Gasteiger partial charge in [-0.05, 0) is 30.2 Å². The fourth-order valence-electron chi connectivity index (χ4n) is 1.88. The highest BCUT2D eigenvalue weighted by atomic mass is 19.1. The third-order valence-corrected chi connectivity index (χ3v) is 2.74. The van der Waals surface area contributed by atoms with Gasteiger partial charge in [-0.15, -0.1) is 0 Å². The largest absolute Gasteiger partial charge is 0.481 e. The normalized spacial score (nSPS) is 12.2. The average Bonchev–Trinajstić information content (AvgIpc) is 2.38. The van der Waals surface area contributed by atoms with E-state index < -0.39 is 0 Å². The van der Waals surface area contributed by atoms with Crippen molar-refractivity contribution < 1.29 is 9.13 Å². The molecule has 0 amide bonds. The highest BCUT2D eigenvalue weighted by Gasteiger charge is 2.13. The highest BCUT2D eigenvalue weighted by Crippen LogP contribution is 2.23. The van der Waals surface area contributed by atoms with E-state index in [1.165, 1.54) is 12.1 Å². The summed E-state index contributed by atoms with van der Waals surface area (Å²) in [4.78, 5) is 4.10. The third kappa shape index (κ3) is 2.84. The van der Waals surface area contributed by atoms with E-state index >= 15 is 0 Å². The summed E-state index contributed by atoms with van der Waals surface area (Å²) in [6, 6.07) is 9.85. The van der Waals surface area contributed by atoms with E-state index in [9.17, 15) is 4.39 Å². The molecule has 0 spiro atoms. The molecule has 2 aromatic rings. The van der Waals surface area contributed by atoms with Gasteiger partial charge in [-0.2, -0.15) is 0 Å². The number of pyridine rings is 1. The number of nitrogens with zero attached hydrogens (tertiary/aromatic N) is 1. The smallest absolute Gasteiger partial charge is 0.217 e. The van der Waals surface area contributed by atoms with E-state index in [1.807, 2.05) is 18.2 Å². The lowest BCUT2D eigenvalue weighted by Gasteiger charge is -2.14. The standard InChI is InChI=1S/C14H15FN2O/c1-18-14-12(6-3-7-17-14)13(16)9-10-4-2-5-11(15)8-10/h2-8,13H,9,16H2,1H3. The number of methoxy groups -OCH3 is 1. The number of hydrogen-bond acceptors (Lipinski definition) is 3. The Balaban J connectivity index is 2.19. The van der Waals surface area contributed by atoms with Crippen molar-refractivity contribution in [1.82, 2.24) is 4.98 Å². The van der Waals surface area contributed by atoms with E-state index in [2.05, 4.69) is 4.98 Å². The van der Waals surface area contributed by atoms with Gasteiger partial charge < -0.3 is 10.5 Å². The molecule has 1 atom stereocenters. The first-order valence-electron chi connectivity index (χ1n) is 5.69. The van der Waals surface area contributed by atoms with Gasteiger partial charge in [0.25, 0.3) is 0 Å². The number of aromatic nitrogens is 1. The van der Waals surface area contributed by atoms with Crippen LogP contribution in [0.15, 0.2) is 42.6 Å². The van der Waals surface area contributed by atoms with Crippen LogP contribution < -0.4 is 10.5 Å². The van der Waals surface area contributed by atoms with E-state index in [0.29, 0.717) is 12.3 Å². The van der Waals surface area contributed by atoms with Crippen molar-refractivity contribution in [2.75, 3.05) is 7.11 Å². The van der Waals surface area contributed by atoms with Crippen LogP contribution in [0.3, 0.4) is 0 Å². The molecule has 0 radical (unpaired) electrons. The van der Waals surface area contributed by atoms with Gasteiger partial charge in [0.2, 0.25) is 5.88 Å². The van der Waals surface area contributed by atoms with Gasteiger partial charge >= 0.3 is 0 Å². The lowest BCUT2D eigenvalue weighted by atomic mass is 10.0. The molecule has 1 heterocycles. The second-order valence-electron chi connectivity index (χ2n) is 4.04. The minimum atomic E-state index is -0.268. The fraction of sp³-hybridized carbons (Fsp3) is 0.214. The SMILES string of the molecule is COc1ncccc1C(N)Cc1cccc(F)c1. The van der Waals surface area contributed by atoms with Crippen molar-refractivity contribution in [3.63, 3.8) is 0 Å². The summed E-state index contributed by atoms with van der Waals surface area (Å²) in [5.41, 5.74) is 7.79. The Labute approximate surface area is 105 Å². The van der Waals surface area contributed by atoms with Crippen molar-refractivity contribution >= 4 is 0 Å². The summed E-state index contributed by atoms with van der Waals surface area (Å²) in [6.45, 7) is 0. The van der Waals surface area contributed by atoms with Gasteiger partial charge in [0.05, 0.1) is 7.11 Å². The van der Waals surface area contributed by atoms with Crippen molar-refractivity contribution in [3.05, 3.63) is 59.5 Å². The predicted molar refractivity (Wildman–Crippen MR) is 67.8 cm³/mol. The molecule has 0 saturated heterocycles. The van der Waals surface area contributed by atoms with Gasteiger partial charge in [0.1, 0.15) is 5.82 Å². The number of rotatable bonds is 4. The number of nitrogens with two attached hydrogens (primary N) is 1. The van der Waals surface area contributed by atoms with E-state index in [1.54, 1.807) is 19.4 Å². The minimum absolute atomic E-state index is 0.252. The zero-order valence-electron chi connectivity index (χ0n) is 10.1. The van der Waals surface area contributed by atoms with Crippen molar-refractivity contribution in [3.8, 4) is 5.88 Å². The quantitative estimate of drug-likeness (QED) is 0.901. The Kier molecular flexibility index (Phi) is 3.89. The van der Waals surface area contributed by atoms with Crippen LogP contribution in [0.4, 0.5) is 4.39 Å². The summed E-state index contributed by atoms with van der Waals surface area (Å²) in [5, 5.41) is 0. The van der Waals surface area contributed by atoms with Crippen molar-refractivity contribution in [1.29, 1.82) is 0 Å². The third-order valence-electron chi connectivity index (χ3n) is 2.74. The summed E-state index contributed by atoms with van der Waals surface area (Å²) in [5.74, 6) is 0.263. The molecule has 2 rings (SSSR count). The summed E-state index contributed by atoms with van der Waals surface area (Å²) >= 11 is 0. The molecule has 2 N–H and O–H groups in total. The Hall–Kier alpha value is -1.94. The zero-order valence-corrected chi connectivity index (χ0v) is 10.1. The predicted octanol–water partition coefficient (Wildman–Crippen LogP) is 2.47. The fourth-order valence-corrected chi connectivity index (χ4v) is 1.88. The van der Waals surface area contributed by atoms with E-state index in [0.717, 1.165) is 11.1 Å². The maximum Gasteiger partial charge on any atom is 0.217 e. The van der Waals surface area contributed by atoms with Crippen LogP contribution in [-0.2, 0) is 6.42 Å². The molecule has 1 aromatic heterocycles. The summed E-state index contributed by atoms with van der Waals surface area (Å²) < 4.78 is 18.3. The Morgan fingerprint density at radius 2 is 2.17 bits per heavy atom. The Morgan fingerprint density at radius 3 is 2.89 bits per heavy atom. The Morgan fingerprint density at radius 1 is 1.33 bits per heavy atom. The topological polar surface area (TPSA) is 48.1 Å². The molecule has 1 aromatic carbocycles. The van der Waals surface area contributed by atoms with Crippen LogP contribution in [0, 0.1) is 5.82 Å². The minimum Gasteiger partial charge on any atom is -0.481 e. The molecule has 0 bridgehead atoms. The lowest BCUT2D eigenvalue weighted by molar-refractivity contribution is 0.388. The maximum absolute atomic E-state index is 13.1. The molecule has 0 saturated carbocycles. The van der Waals surface area contributed by atoms with Gasteiger partial charge in [-0.3, -0.25) is 0 Å². The lowest BCUT2D eigenvalue weighted by Crippen LogP contribution is -2.15. The molecule has 3 nitrogen and oxygen atoms in total. The van der Waals surface area contributed by atoms with Gasteiger partial charge in [-0.25, -0.2) is 9.37 Å². The van der Waals surface area contributed by atoms with E-state index in [-0.39, 0.29) is 11.9 Å². The van der Waals surface area contributed by atoms with Gasteiger partial charge in [0, 0.05) is 17.8 Å². The average molecular weight is 246 g/mol. The van der Waals surface area contributed by atoms with Crippen LogP contribution in [0.5, 0.6) is 5.88 Å². The molecule has 94 valence electrons. The van der Waals surface area contributed by atoms with Crippen LogP contribution >= 0.6 is 0 Å². The number of ether oxygens (including phenoxy) is 1. The monoisotopic (exact) mass is 246 g/mol. The molecule has 0 fully saturated rings. The first-order chi connectivity index (χ1) is 8.70. The molecular formula is C14H15FN2O. The first-order valence-corrected chi connectivity index (χ1v) is 5.69. The number of halogens is 1. The molecular weight excluding hydrogens is 231 g/mol. The molecule has 1 unspecified atom stereocenters. The van der Waals surface area contributed by atoms with Crippen LogP contribution in [0.25, 0.3) is 0 Å². The Bertz CT molecular complexity index is 531. The number of benzene rings is 1. The second kappa shape index (κ2) is 5.60. The van der Waals surface area contributed by atoms with Crippen molar-refractivity contribution in [2.24, 2.45) is 5.73 Å². The highest BCUT2D eigenvalue weighted by molar-refractivity contribution is 5.30. The molecule has 0 aliphatic heterocycles. The molecule has 4 heteroatoms. The molecule has 0 aliphatic carbocycles. The van der Waals surface area contributed by atoms with Crippen LogP contribution in [0.2, 0.25) is 0 Å². The van der Waals surface area contributed by atoms with Gasteiger partial charge in [-0.1, -0.05) is 18.2 Å². The molecule has 18 heavy (non-hydrogen) atoms. The maximum atomic E-state index is 13.1. The molecule has 0 aliphatic rings. The van der Waals surface area contributed by atoms with Crippen LogP contribution in [0.1, 0.15) is 17.2 Å². The van der Waals surface area contributed by atoms with Gasteiger partial charge in [0.15, 0.2) is 0 Å². The summed E-state index contributed by atoms with van der Waals surface area (Å²) in [7, 11) is 1.56. The van der Waals surface area contributed by atoms with E-state index in [4.69, 9.17) is 10.5 Å². The zero-order chi connectivity index (χ0) is 13.0. The first kappa shape index (κ1) is 12.5. The second-order valence-corrected chi connectivity index (χ2v) is 4.04. The number of hydrogen-bond donors (Lipinski definition) is 1. The van der Waals surface area contributed by atoms with Crippen molar-refractivity contribution in [2.45, 2.75) is 12.5 Å². The van der Waals surface area contributed by atoms with Crippen LogP contribution in [-0.4, -0.2) is 12.1 Å².